The van der Waals surface area contributed by atoms with E-state index in [9.17, 15) is 8.42 Å². The van der Waals surface area contributed by atoms with Gasteiger partial charge in [0.1, 0.15) is 10.7 Å². The number of aromatic nitrogens is 2. The van der Waals surface area contributed by atoms with Gasteiger partial charge in [-0.15, -0.1) is 0 Å². The summed E-state index contributed by atoms with van der Waals surface area (Å²) < 4.78 is 26.3. The predicted molar refractivity (Wildman–Crippen MR) is 76.7 cm³/mol. The van der Waals surface area contributed by atoms with Gasteiger partial charge in [0.05, 0.1) is 12.2 Å². The highest BCUT2D eigenvalue weighted by molar-refractivity contribution is 7.89. The number of rotatable bonds is 5. The van der Waals surface area contributed by atoms with Gasteiger partial charge in [0.2, 0.25) is 10.0 Å². The van der Waals surface area contributed by atoms with Crippen molar-refractivity contribution in [3.8, 4) is 0 Å². The van der Waals surface area contributed by atoms with Crippen molar-refractivity contribution in [1.29, 1.82) is 0 Å². The van der Waals surface area contributed by atoms with Crippen LogP contribution >= 0.6 is 0 Å². The van der Waals surface area contributed by atoms with E-state index in [1.54, 1.807) is 37.6 Å². The summed E-state index contributed by atoms with van der Waals surface area (Å²) in [5.74, 6) is 0.334. The fourth-order valence-electron chi connectivity index (χ4n) is 1.76. The van der Waals surface area contributed by atoms with E-state index in [2.05, 4.69) is 15.3 Å². The minimum absolute atomic E-state index is 0.154. The summed E-state index contributed by atoms with van der Waals surface area (Å²) in [6.07, 6.45) is 3.18. The van der Waals surface area contributed by atoms with Gasteiger partial charge in [0.25, 0.3) is 0 Å². The first-order valence-electron chi connectivity index (χ1n) is 6.04. The van der Waals surface area contributed by atoms with Crippen LogP contribution in [-0.4, -0.2) is 36.8 Å². The van der Waals surface area contributed by atoms with Crippen LogP contribution in [0.25, 0.3) is 0 Å². The number of hydrogen-bond donors (Lipinski definition) is 1. The van der Waals surface area contributed by atoms with Gasteiger partial charge in [0.15, 0.2) is 0 Å². The maximum atomic E-state index is 12.5. The van der Waals surface area contributed by atoms with Crippen molar-refractivity contribution in [2.24, 2.45) is 0 Å². The monoisotopic (exact) mass is 292 g/mol. The lowest BCUT2D eigenvalue weighted by Crippen LogP contribution is -2.27. The first-order valence-corrected chi connectivity index (χ1v) is 7.48. The second kappa shape index (κ2) is 5.98. The molecular weight excluding hydrogens is 276 g/mol. The summed E-state index contributed by atoms with van der Waals surface area (Å²) >= 11 is 0. The lowest BCUT2D eigenvalue weighted by atomic mass is 10.3. The summed E-state index contributed by atoms with van der Waals surface area (Å²) in [6, 6.07) is 8.53. The molecule has 2 rings (SSSR count). The Labute approximate surface area is 118 Å². The minimum atomic E-state index is -3.61. The fourth-order valence-corrected chi connectivity index (χ4v) is 3.05. The van der Waals surface area contributed by atoms with E-state index in [0.717, 1.165) is 0 Å². The van der Waals surface area contributed by atoms with Crippen molar-refractivity contribution in [3.63, 3.8) is 0 Å². The third-order valence-corrected chi connectivity index (χ3v) is 4.64. The Bertz CT molecular complexity index is 674. The van der Waals surface area contributed by atoms with Gasteiger partial charge < -0.3 is 5.32 Å². The molecule has 0 fully saturated rings. The number of nitrogens with zero attached hydrogens (tertiary/aromatic N) is 3. The fraction of sp³-hybridized carbons (Fsp3) is 0.231. The summed E-state index contributed by atoms with van der Waals surface area (Å²) in [4.78, 5) is 8.31. The lowest BCUT2D eigenvalue weighted by Gasteiger charge is -2.18. The van der Waals surface area contributed by atoms with Crippen LogP contribution in [0, 0.1) is 0 Å². The first kappa shape index (κ1) is 14.4. The van der Waals surface area contributed by atoms with E-state index in [-0.39, 0.29) is 11.4 Å². The molecule has 2 heterocycles. The van der Waals surface area contributed by atoms with Crippen molar-refractivity contribution in [3.05, 3.63) is 48.4 Å². The van der Waals surface area contributed by atoms with Crippen molar-refractivity contribution >= 4 is 15.8 Å². The zero-order chi connectivity index (χ0) is 14.6. The molecule has 0 unspecified atom stereocenters. The summed E-state index contributed by atoms with van der Waals surface area (Å²) in [5, 5.41) is 2.79. The Morgan fingerprint density at radius 3 is 2.55 bits per heavy atom. The summed E-state index contributed by atoms with van der Waals surface area (Å²) in [6.45, 7) is 0.210. The molecule has 20 heavy (non-hydrogen) atoms. The molecule has 0 radical (unpaired) electrons. The predicted octanol–water partition coefficient (Wildman–Crippen LogP) is 1.34. The van der Waals surface area contributed by atoms with Crippen LogP contribution in [0.1, 0.15) is 5.69 Å². The third-order valence-electron chi connectivity index (χ3n) is 2.81. The molecule has 0 amide bonds. The second-order valence-electron chi connectivity index (χ2n) is 4.18. The lowest BCUT2D eigenvalue weighted by molar-refractivity contribution is 0.462. The maximum absolute atomic E-state index is 12.5. The molecule has 0 aliphatic rings. The molecule has 2 aromatic rings. The van der Waals surface area contributed by atoms with Crippen molar-refractivity contribution in [2.75, 3.05) is 19.4 Å². The molecular formula is C13H16N4O2S. The van der Waals surface area contributed by atoms with Crippen molar-refractivity contribution in [1.82, 2.24) is 14.3 Å². The normalized spacial score (nSPS) is 11.6. The highest BCUT2D eigenvalue weighted by Gasteiger charge is 2.24. The Morgan fingerprint density at radius 2 is 1.90 bits per heavy atom. The van der Waals surface area contributed by atoms with Crippen LogP contribution in [-0.2, 0) is 16.6 Å². The van der Waals surface area contributed by atoms with Crippen LogP contribution in [0.15, 0.2) is 47.6 Å². The van der Waals surface area contributed by atoms with Crippen LogP contribution < -0.4 is 5.32 Å². The van der Waals surface area contributed by atoms with E-state index in [4.69, 9.17) is 0 Å². The van der Waals surface area contributed by atoms with Gasteiger partial charge in [-0.3, -0.25) is 4.98 Å². The summed E-state index contributed by atoms with van der Waals surface area (Å²) in [5.41, 5.74) is 0.688. The molecule has 6 nitrogen and oxygen atoms in total. The third kappa shape index (κ3) is 2.94. The van der Waals surface area contributed by atoms with E-state index < -0.39 is 10.0 Å². The molecule has 0 saturated heterocycles. The van der Waals surface area contributed by atoms with Crippen LogP contribution in [0.5, 0.6) is 0 Å². The van der Waals surface area contributed by atoms with Gasteiger partial charge in [-0.1, -0.05) is 6.07 Å². The van der Waals surface area contributed by atoms with Gasteiger partial charge in [-0.05, 0) is 24.3 Å². The molecule has 0 saturated carbocycles. The SMILES string of the molecule is CNc1ncccc1S(=O)(=O)N(C)Cc1ccccn1. The standard InChI is InChI=1S/C13H16N4O2S/c1-14-13-12(7-5-9-16-13)20(18,19)17(2)10-11-6-3-4-8-15-11/h3-9H,10H2,1-2H3,(H,14,16). The van der Waals surface area contributed by atoms with E-state index in [1.165, 1.54) is 17.4 Å². The average molecular weight is 292 g/mol. The Balaban J connectivity index is 2.30. The van der Waals surface area contributed by atoms with E-state index >= 15 is 0 Å². The average Bonchev–Trinajstić information content (AvgIpc) is 2.48. The zero-order valence-electron chi connectivity index (χ0n) is 11.3. The Kier molecular flexibility index (Phi) is 4.31. The quantitative estimate of drug-likeness (QED) is 0.900. The number of anilines is 1. The van der Waals surface area contributed by atoms with E-state index in [0.29, 0.717) is 11.5 Å². The van der Waals surface area contributed by atoms with Gasteiger partial charge in [0, 0.05) is 26.5 Å². The van der Waals surface area contributed by atoms with Crippen molar-refractivity contribution < 1.29 is 8.42 Å². The highest BCUT2D eigenvalue weighted by Crippen LogP contribution is 2.21. The molecule has 106 valence electrons. The van der Waals surface area contributed by atoms with Gasteiger partial charge in [-0.2, -0.15) is 4.31 Å². The molecule has 0 atom stereocenters. The van der Waals surface area contributed by atoms with Crippen LogP contribution in [0.3, 0.4) is 0 Å². The smallest absolute Gasteiger partial charge is 0.246 e. The number of nitrogens with one attached hydrogen (secondary N) is 1. The molecule has 1 N–H and O–H groups in total. The van der Waals surface area contributed by atoms with Gasteiger partial charge >= 0.3 is 0 Å². The Hall–Kier alpha value is -1.99. The highest BCUT2D eigenvalue weighted by atomic mass is 32.2. The number of sulfonamides is 1. The van der Waals surface area contributed by atoms with Crippen molar-refractivity contribution in [2.45, 2.75) is 11.4 Å². The zero-order valence-corrected chi connectivity index (χ0v) is 12.1. The molecule has 2 aromatic heterocycles. The molecule has 0 aromatic carbocycles. The molecule has 0 aliphatic heterocycles. The second-order valence-corrected chi connectivity index (χ2v) is 6.20. The molecule has 0 bridgehead atoms. The first-order chi connectivity index (χ1) is 9.55. The van der Waals surface area contributed by atoms with Gasteiger partial charge in [-0.25, -0.2) is 13.4 Å². The summed E-state index contributed by atoms with van der Waals surface area (Å²) in [7, 11) is -0.448. The number of hydrogen-bond acceptors (Lipinski definition) is 5. The van der Waals surface area contributed by atoms with Crippen LogP contribution in [0.4, 0.5) is 5.82 Å². The Morgan fingerprint density at radius 1 is 1.15 bits per heavy atom. The van der Waals surface area contributed by atoms with E-state index in [1.807, 2.05) is 6.07 Å². The number of pyridine rings is 2. The van der Waals surface area contributed by atoms with Crippen LogP contribution in [0.2, 0.25) is 0 Å². The topological polar surface area (TPSA) is 75.2 Å². The minimum Gasteiger partial charge on any atom is -0.372 e. The maximum Gasteiger partial charge on any atom is 0.246 e. The molecule has 7 heteroatoms. The molecule has 0 spiro atoms. The largest absolute Gasteiger partial charge is 0.372 e. The molecule has 0 aliphatic carbocycles.